The van der Waals surface area contributed by atoms with Gasteiger partial charge in [0.1, 0.15) is 0 Å². The van der Waals surface area contributed by atoms with Crippen molar-refractivity contribution in [2.24, 2.45) is 11.8 Å². The molecule has 0 unspecified atom stereocenters. The normalized spacial score (nSPS) is 28.4. The number of amides is 1. The van der Waals surface area contributed by atoms with Crippen molar-refractivity contribution >= 4 is 11.9 Å². The maximum atomic E-state index is 12.0. The molecule has 2 atom stereocenters. The third kappa shape index (κ3) is 3.08. The number of carboxylic acids is 1. The molecule has 1 heterocycles. The summed E-state index contributed by atoms with van der Waals surface area (Å²) in [6.07, 6.45) is 8.40. The van der Waals surface area contributed by atoms with Gasteiger partial charge in [-0.2, -0.15) is 0 Å². The van der Waals surface area contributed by atoms with Crippen molar-refractivity contribution in [3.05, 3.63) is 12.2 Å². The highest BCUT2D eigenvalue weighted by Gasteiger charge is 2.28. The molecule has 0 aromatic rings. The lowest BCUT2D eigenvalue weighted by Crippen LogP contribution is -2.42. The third-order valence-electron chi connectivity index (χ3n) is 3.67. The molecule has 4 nitrogen and oxygen atoms in total. The van der Waals surface area contributed by atoms with E-state index < -0.39 is 5.97 Å². The first-order valence-electron chi connectivity index (χ1n) is 6.34. The molecule has 1 aliphatic heterocycles. The number of rotatable bonds is 3. The number of allylic oxidation sites excluding steroid dienone is 2. The largest absolute Gasteiger partial charge is 0.481 e. The summed E-state index contributed by atoms with van der Waals surface area (Å²) in [5, 5.41) is 8.97. The molecule has 1 N–H and O–H groups in total. The molecule has 0 saturated carbocycles. The van der Waals surface area contributed by atoms with Crippen molar-refractivity contribution in [2.45, 2.75) is 32.1 Å². The summed E-state index contributed by atoms with van der Waals surface area (Å²) in [7, 11) is 0. The molecule has 4 heteroatoms. The van der Waals surface area contributed by atoms with E-state index in [1.807, 2.05) is 0 Å². The Labute approximate surface area is 101 Å². The van der Waals surface area contributed by atoms with Crippen LogP contribution in [-0.4, -0.2) is 35.0 Å². The van der Waals surface area contributed by atoms with E-state index >= 15 is 0 Å². The maximum absolute atomic E-state index is 12.0. The highest BCUT2D eigenvalue weighted by Crippen LogP contribution is 2.23. The second-order valence-electron chi connectivity index (χ2n) is 4.99. The van der Waals surface area contributed by atoms with Gasteiger partial charge in [0.25, 0.3) is 0 Å². The fourth-order valence-electron chi connectivity index (χ4n) is 2.62. The Kier molecular flexibility index (Phi) is 3.82. The first-order valence-corrected chi connectivity index (χ1v) is 6.34. The van der Waals surface area contributed by atoms with Crippen LogP contribution in [0, 0.1) is 11.8 Å². The van der Waals surface area contributed by atoms with E-state index in [1.165, 1.54) is 0 Å². The molecule has 0 aromatic carbocycles. The molecule has 1 aliphatic carbocycles. The van der Waals surface area contributed by atoms with Gasteiger partial charge in [-0.3, -0.25) is 9.59 Å². The first kappa shape index (κ1) is 12.1. The van der Waals surface area contributed by atoms with Gasteiger partial charge in [-0.25, -0.2) is 0 Å². The van der Waals surface area contributed by atoms with Crippen LogP contribution >= 0.6 is 0 Å². The zero-order valence-corrected chi connectivity index (χ0v) is 9.97. The van der Waals surface area contributed by atoms with Crippen molar-refractivity contribution < 1.29 is 14.7 Å². The van der Waals surface area contributed by atoms with E-state index in [2.05, 4.69) is 12.2 Å². The van der Waals surface area contributed by atoms with E-state index in [-0.39, 0.29) is 11.8 Å². The van der Waals surface area contributed by atoms with Gasteiger partial charge >= 0.3 is 5.97 Å². The standard InChI is InChI=1S/C13H19NO3/c15-12(8-10-4-1-2-5-10)14-7-3-6-11(9-14)13(16)17/h1,4,10-11H,2-3,5-9H2,(H,16,17)/t10-,11-/m0/s1. The number of hydrogen-bond donors (Lipinski definition) is 1. The van der Waals surface area contributed by atoms with Gasteiger partial charge in [0.2, 0.25) is 5.91 Å². The predicted molar refractivity (Wildman–Crippen MR) is 63.4 cm³/mol. The summed E-state index contributed by atoms with van der Waals surface area (Å²) < 4.78 is 0. The summed E-state index contributed by atoms with van der Waals surface area (Å²) >= 11 is 0. The fraction of sp³-hybridized carbons (Fsp3) is 0.692. The van der Waals surface area contributed by atoms with Gasteiger partial charge in [0.15, 0.2) is 0 Å². The molecule has 0 radical (unpaired) electrons. The average Bonchev–Trinajstić information content (AvgIpc) is 2.82. The van der Waals surface area contributed by atoms with Crippen LogP contribution < -0.4 is 0 Å². The zero-order valence-electron chi connectivity index (χ0n) is 9.97. The topological polar surface area (TPSA) is 57.6 Å². The summed E-state index contributed by atoms with van der Waals surface area (Å²) in [6, 6.07) is 0. The number of carboxylic acid groups (broad SMARTS) is 1. The minimum atomic E-state index is -0.775. The summed E-state index contributed by atoms with van der Waals surface area (Å²) in [5.74, 6) is -0.657. The van der Waals surface area contributed by atoms with E-state index in [9.17, 15) is 9.59 Å². The molecule has 2 aliphatic rings. The molecule has 0 aromatic heterocycles. The second kappa shape index (κ2) is 5.34. The lowest BCUT2D eigenvalue weighted by atomic mass is 9.97. The molecule has 2 rings (SSSR count). The van der Waals surface area contributed by atoms with Gasteiger partial charge in [-0.1, -0.05) is 12.2 Å². The lowest BCUT2D eigenvalue weighted by molar-refractivity contribution is -0.145. The minimum Gasteiger partial charge on any atom is -0.481 e. The van der Waals surface area contributed by atoms with Crippen LogP contribution in [0.1, 0.15) is 32.1 Å². The van der Waals surface area contributed by atoms with Crippen molar-refractivity contribution in [1.82, 2.24) is 4.90 Å². The SMILES string of the molecule is O=C(O)[C@H]1CCCN(C(=O)C[C@H]2C=CCC2)C1. The number of nitrogens with zero attached hydrogens (tertiary/aromatic N) is 1. The van der Waals surface area contributed by atoms with E-state index in [0.29, 0.717) is 25.3 Å². The van der Waals surface area contributed by atoms with Gasteiger partial charge in [-0.05, 0) is 31.6 Å². The lowest BCUT2D eigenvalue weighted by Gasteiger charge is -2.31. The van der Waals surface area contributed by atoms with Gasteiger partial charge in [-0.15, -0.1) is 0 Å². The van der Waals surface area contributed by atoms with Crippen molar-refractivity contribution in [1.29, 1.82) is 0 Å². The number of carbonyl (C=O) groups is 2. The van der Waals surface area contributed by atoms with Crippen molar-refractivity contribution in [2.75, 3.05) is 13.1 Å². The monoisotopic (exact) mass is 237 g/mol. The van der Waals surface area contributed by atoms with Gasteiger partial charge in [0.05, 0.1) is 5.92 Å². The third-order valence-corrected chi connectivity index (χ3v) is 3.67. The maximum Gasteiger partial charge on any atom is 0.308 e. The van der Waals surface area contributed by atoms with Crippen LogP contribution in [0.2, 0.25) is 0 Å². The second-order valence-corrected chi connectivity index (χ2v) is 4.99. The smallest absolute Gasteiger partial charge is 0.308 e. The molecular formula is C13H19NO3. The highest BCUT2D eigenvalue weighted by molar-refractivity contribution is 5.78. The highest BCUT2D eigenvalue weighted by atomic mass is 16.4. The number of carbonyl (C=O) groups excluding carboxylic acids is 1. The molecule has 1 fully saturated rings. The first-order chi connectivity index (χ1) is 8.16. The number of hydrogen-bond acceptors (Lipinski definition) is 2. The summed E-state index contributed by atoms with van der Waals surface area (Å²) in [4.78, 5) is 24.7. The molecule has 94 valence electrons. The molecule has 1 saturated heterocycles. The molecule has 17 heavy (non-hydrogen) atoms. The van der Waals surface area contributed by atoms with Crippen molar-refractivity contribution in [3.8, 4) is 0 Å². The molecule has 1 amide bonds. The van der Waals surface area contributed by atoms with E-state index in [1.54, 1.807) is 4.90 Å². The van der Waals surface area contributed by atoms with Crippen LogP contribution in [0.25, 0.3) is 0 Å². The Morgan fingerprint density at radius 3 is 2.82 bits per heavy atom. The summed E-state index contributed by atoms with van der Waals surface area (Å²) in [6.45, 7) is 1.11. The van der Waals surface area contributed by atoms with E-state index in [0.717, 1.165) is 25.8 Å². The van der Waals surface area contributed by atoms with E-state index in [4.69, 9.17) is 5.11 Å². The van der Waals surface area contributed by atoms with Crippen molar-refractivity contribution in [3.63, 3.8) is 0 Å². The Morgan fingerprint density at radius 2 is 2.18 bits per heavy atom. The number of aliphatic carboxylic acids is 1. The molecular weight excluding hydrogens is 218 g/mol. The quantitative estimate of drug-likeness (QED) is 0.759. The Hall–Kier alpha value is -1.32. The predicted octanol–water partition coefficient (Wildman–Crippen LogP) is 1.67. The minimum absolute atomic E-state index is 0.118. The Morgan fingerprint density at radius 1 is 1.35 bits per heavy atom. The van der Waals surface area contributed by atoms with Crippen LogP contribution in [0.15, 0.2) is 12.2 Å². The molecule has 0 bridgehead atoms. The van der Waals surface area contributed by atoms with Gasteiger partial charge in [0, 0.05) is 19.5 Å². The molecule has 0 spiro atoms. The Bertz CT molecular complexity index is 338. The summed E-state index contributed by atoms with van der Waals surface area (Å²) in [5.41, 5.74) is 0. The van der Waals surface area contributed by atoms with Crippen LogP contribution in [0.5, 0.6) is 0 Å². The number of piperidine rings is 1. The average molecular weight is 237 g/mol. The number of likely N-dealkylation sites (tertiary alicyclic amines) is 1. The van der Waals surface area contributed by atoms with Crippen LogP contribution in [0.4, 0.5) is 0 Å². The van der Waals surface area contributed by atoms with Crippen LogP contribution in [0.3, 0.4) is 0 Å². The fourth-order valence-corrected chi connectivity index (χ4v) is 2.62. The Balaban J connectivity index is 1.85. The zero-order chi connectivity index (χ0) is 12.3. The van der Waals surface area contributed by atoms with Crippen LogP contribution in [-0.2, 0) is 9.59 Å². The van der Waals surface area contributed by atoms with Gasteiger partial charge < -0.3 is 10.0 Å².